The molecule has 2 aromatic rings. The molecule has 1 aromatic carbocycles. The number of benzene rings is 1. The van der Waals surface area contributed by atoms with Gasteiger partial charge in [0.1, 0.15) is 30.2 Å². The lowest BCUT2D eigenvalue weighted by molar-refractivity contribution is -0.301. The van der Waals surface area contributed by atoms with Gasteiger partial charge in [-0.05, 0) is 36.6 Å². The van der Waals surface area contributed by atoms with Crippen LogP contribution in [0.4, 0.5) is 0 Å². The molecule has 1 aromatic heterocycles. The standard InChI is InChI=1S/C36H61N2O11P/c1-3-4-5-6-7-8-9-10-11-12-13-14-15-16-21-46-50(44,47-23-22-45-36-35(43)34(42)33(41)32(26-39)48-36)49-29-17-18-31-30(24-29)28(25-38-31)19-20-37-27(2)40/h17-18,24-25,32-36,38-39,41-43H,3-16,19-23,26H2,1-2H3,(H,37,40)/t32-,33-,34+,35-,36?,50?/m1/s1. The first kappa shape index (κ1) is 42.4. The van der Waals surface area contributed by atoms with E-state index in [0.717, 1.165) is 35.7 Å². The number of phosphoric ester groups is 1. The third-order valence-electron chi connectivity index (χ3n) is 8.93. The molecule has 2 unspecified atom stereocenters. The number of nitrogens with one attached hydrogen (secondary N) is 2. The van der Waals surface area contributed by atoms with Crippen LogP contribution in [0.2, 0.25) is 0 Å². The molecule has 2 heterocycles. The molecule has 0 spiro atoms. The Morgan fingerprint density at radius 2 is 1.48 bits per heavy atom. The van der Waals surface area contributed by atoms with Gasteiger partial charge < -0.3 is 44.7 Å². The first-order valence-corrected chi connectivity index (χ1v) is 20.0. The molecule has 0 radical (unpaired) electrons. The van der Waals surface area contributed by atoms with E-state index in [1.807, 2.05) is 6.20 Å². The third-order valence-corrected chi connectivity index (χ3v) is 10.4. The Balaban J connectivity index is 1.48. The van der Waals surface area contributed by atoms with Gasteiger partial charge in [0, 0.05) is 30.6 Å². The Kier molecular flexibility index (Phi) is 19.9. The van der Waals surface area contributed by atoms with Gasteiger partial charge >= 0.3 is 7.82 Å². The van der Waals surface area contributed by atoms with Gasteiger partial charge in [-0.2, -0.15) is 0 Å². The molecular formula is C36H61N2O11P. The summed E-state index contributed by atoms with van der Waals surface area (Å²) in [6.45, 7) is 3.27. The zero-order chi connectivity index (χ0) is 36.2. The number of aromatic nitrogens is 1. The summed E-state index contributed by atoms with van der Waals surface area (Å²) in [5, 5.41) is 43.3. The van der Waals surface area contributed by atoms with Crippen LogP contribution in [0.5, 0.6) is 5.75 Å². The van der Waals surface area contributed by atoms with Crippen molar-refractivity contribution in [3.63, 3.8) is 0 Å². The van der Waals surface area contributed by atoms with Crippen LogP contribution in [0.15, 0.2) is 24.4 Å². The van der Waals surface area contributed by atoms with Crippen molar-refractivity contribution >= 4 is 24.6 Å². The second-order valence-corrected chi connectivity index (χ2v) is 14.7. The Hall–Kier alpha value is -2.06. The van der Waals surface area contributed by atoms with Crippen molar-refractivity contribution in [3.05, 3.63) is 30.0 Å². The van der Waals surface area contributed by atoms with Crippen LogP contribution >= 0.6 is 7.82 Å². The van der Waals surface area contributed by atoms with Crippen LogP contribution in [0, 0.1) is 0 Å². The summed E-state index contributed by atoms with van der Waals surface area (Å²) in [5.41, 5.74) is 1.80. The van der Waals surface area contributed by atoms with Crippen molar-refractivity contribution in [3.8, 4) is 5.75 Å². The summed E-state index contributed by atoms with van der Waals surface area (Å²) in [6, 6.07) is 5.20. The molecule has 1 aliphatic rings. The van der Waals surface area contributed by atoms with Crippen LogP contribution in [0.1, 0.15) is 109 Å². The Morgan fingerprint density at radius 3 is 2.10 bits per heavy atom. The van der Waals surface area contributed by atoms with Crippen LogP contribution in [-0.2, 0) is 34.3 Å². The summed E-state index contributed by atoms with van der Waals surface area (Å²) in [6.07, 6.45) is 12.3. The number of phosphoric acid groups is 1. The zero-order valence-corrected chi connectivity index (χ0v) is 30.8. The lowest BCUT2D eigenvalue weighted by atomic mass is 9.99. The summed E-state index contributed by atoms with van der Waals surface area (Å²) in [4.78, 5) is 14.5. The topological polar surface area (TPSA) is 189 Å². The van der Waals surface area contributed by atoms with Crippen molar-refractivity contribution < 1.29 is 52.8 Å². The summed E-state index contributed by atoms with van der Waals surface area (Å²) < 4.78 is 42.0. The lowest BCUT2D eigenvalue weighted by Crippen LogP contribution is -2.59. The Labute approximate surface area is 297 Å². The average Bonchev–Trinajstić information content (AvgIpc) is 3.50. The van der Waals surface area contributed by atoms with Gasteiger partial charge in [0.2, 0.25) is 5.91 Å². The number of unbranched alkanes of at least 4 members (excludes halogenated alkanes) is 13. The van der Waals surface area contributed by atoms with Crippen LogP contribution in [-0.4, -0.2) is 95.0 Å². The average molecular weight is 729 g/mol. The minimum atomic E-state index is -4.14. The molecule has 0 bridgehead atoms. The summed E-state index contributed by atoms with van der Waals surface area (Å²) >= 11 is 0. The number of hydrogen-bond acceptors (Lipinski definition) is 11. The molecule has 286 valence electrons. The molecule has 6 N–H and O–H groups in total. The number of rotatable bonds is 27. The van der Waals surface area contributed by atoms with E-state index in [2.05, 4.69) is 17.2 Å². The first-order chi connectivity index (χ1) is 24.2. The van der Waals surface area contributed by atoms with Crippen molar-refractivity contribution in [2.75, 3.05) is 33.0 Å². The van der Waals surface area contributed by atoms with Crippen LogP contribution < -0.4 is 9.84 Å². The molecular weight excluding hydrogens is 667 g/mol. The fourth-order valence-electron chi connectivity index (χ4n) is 6.00. The molecule has 1 saturated heterocycles. The van der Waals surface area contributed by atoms with E-state index in [9.17, 15) is 29.8 Å². The van der Waals surface area contributed by atoms with E-state index in [-0.39, 0.29) is 31.5 Å². The minimum absolute atomic E-state index is 0.113. The smallest absolute Gasteiger partial charge is 0.404 e. The molecule has 6 atom stereocenters. The highest BCUT2D eigenvalue weighted by Crippen LogP contribution is 2.50. The van der Waals surface area contributed by atoms with Gasteiger partial charge in [0.15, 0.2) is 6.29 Å². The van der Waals surface area contributed by atoms with Gasteiger partial charge in [0.25, 0.3) is 0 Å². The van der Waals surface area contributed by atoms with E-state index in [1.165, 1.54) is 71.1 Å². The van der Waals surface area contributed by atoms with Crippen molar-refractivity contribution in [2.24, 2.45) is 0 Å². The number of aliphatic hydroxyl groups is 4. The van der Waals surface area contributed by atoms with Gasteiger partial charge in [-0.3, -0.25) is 13.8 Å². The molecule has 50 heavy (non-hydrogen) atoms. The maximum absolute atomic E-state index is 13.9. The quantitative estimate of drug-likeness (QED) is 0.0492. The summed E-state index contributed by atoms with van der Waals surface area (Å²) in [5.74, 6) is 0.162. The Bertz CT molecular complexity index is 1280. The van der Waals surface area contributed by atoms with E-state index in [1.54, 1.807) is 18.2 Å². The minimum Gasteiger partial charge on any atom is -0.404 e. The number of fused-ring (bicyclic) bond motifs is 1. The molecule has 1 aliphatic heterocycles. The predicted molar refractivity (Wildman–Crippen MR) is 191 cm³/mol. The number of aliphatic hydroxyl groups excluding tert-OH is 4. The van der Waals surface area contributed by atoms with Crippen molar-refractivity contribution in [1.82, 2.24) is 10.3 Å². The highest BCUT2D eigenvalue weighted by atomic mass is 31.2. The van der Waals surface area contributed by atoms with Gasteiger partial charge in [-0.1, -0.05) is 90.4 Å². The third kappa shape index (κ3) is 14.9. The number of amides is 1. The monoisotopic (exact) mass is 728 g/mol. The number of aromatic amines is 1. The number of H-pyrrole nitrogens is 1. The fraction of sp³-hybridized carbons (Fsp3) is 0.750. The first-order valence-electron chi connectivity index (χ1n) is 18.5. The highest BCUT2D eigenvalue weighted by Gasteiger charge is 2.44. The van der Waals surface area contributed by atoms with Gasteiger partial charge in [-0.25, -0.2) is 4.57 Å². The number of carbonyl (C=O) groups excluding carboxylic acids is 1. The largest absolute Gasteiger partial charge is 0.530 e. The van der Waals surface area contributed by atoms with E-state index >= 15 is 0 Å². The van der Waals surface area contributed by atoms with E-state index in [4.69, 9.17) is 23.0 Å². The number of ether oxygens (including phenoxy) is 2. The number of carbonyl (C=O) groups is 1. The molecule has 3 rings (SSSR count). The van der Waals surface area contributed by atoms with E-state index < -0.39 is 45.1 Å². The Morgan fingerprint density at radius 1 is 0.860 bits per heavy atom. The molecule has 0 saturated carbocycles. The SMILES string of the molecule is CCCCCCCCCCCCCCCCOP(=O)(OCCOC1O[C@H](CO)[C@@H](O)[C@H](O)[C@H]1O)Oc1ccc2[nH]cc(CCNC(C)=O)c2c1. The molecule has 14 heteroatoms. The molecule has 1 fully saturated rings. The molecule has 13 nitrogen and oxygen atoms in total. The number of hydrogen-bond donors (Lipinski definition) is 6. The zero-order valence-electron chi connectivity index (χ0n) is 29.9. The van der Waals surface area contributed by atoms with Gasteiger partial charge in [-0.15, -0.1) is 0 Å². The van der Waals surface area contributed by atoms with Crippen molar-refractivity contribution in [2.45, 2.75) is 141 Å². The van der Waals surface area contributed by atoms with Crippen LogP contribution in [0.3, 0.4) is 0 Å². The van der Waals surface area contributed by atoms with E-state index in [0.29, 0.717) is 19.4 Å². The fourth-order valence-corrected chi connectivity index (χ4v) is 7.21. The van der Waals surface area contributed by atoms with Gasteiger partial charge in [0.05, 0.1) is 26.4 Å². The maximum atomic E-state index is 13.9. The van der Waals surface area contributed by atoms with Crippen LogP contribution in [0.25, 0.3) is 10.9 Å². The molecule has 1 amide bonds. The normalized spacial score (nSPS) is 22.1. The second kappa shape index (κ2) is 23.5. The predicted octanol–water partition coefficient (Wildman–Crippen LogP) is 5.66. The van der Waals surface area contributed by atoms with Crippen molar-refractivity contribution in [1.29, 1.82) is 0 Å². The highest BCUT2D eigenvalue weighted by molar-refractivity contribution is 7.48. The summed E-state index contributed by atoms with van der Waals surface area (Å²) in [7, 11) is -4.14. The lowest BCUT2D eigenvalue weighted by Gasteiger charge is -2.39. The molecule has 0 aliphatic carbocycles. The maximum Gasteiger partial charge on any atom is 0.530 e. The second-order valence-electron chi connectivity index (χ2n) is 13.1.